The second-order valence-electron chi connectivity index (χ2n) is 6.20. The summed E-state index contributed by atoms with van der Waals surface area (Å²) < 4.78 is 5.60. The van der Waals surface area contributed by atoms with Gasteiger partial charge in [0.2, 0.25) is 0 Å². The van der Waals surface area contributed by atoms with Crippen molar-refractivity contribution in [2.24, 2.45) is 10.9 Å². The molecule has 0 aliphatic heterocycles. The fourth-order valence-corrected chi connectivity index (χ4v) is 3.22. The van der Waals surface area contributed by atoms with E-state index in [9.17, 15) is 0 Å². The zero-order valence-corrected chi connectivity index (χ0v) is 19.5. The highest BCUT2D eigenvalue weighted by Gasteiger charge is 2.06. The summed E-state index contributed by atoms with van der Waals surface area (Å²) in [4.78, 5) is 10.6. The smallest absolute Gasteiger partial charge is 0.191 e. The van der Waals surface area contributed by atoms with Crippen molar-refractivity contribution < 1.29 is 4.74 Å². The fraction of sp³-hybridized carbons (Fsp3) is 0.778. The quantitative estimate of drug-likeness (QED) is 0.218. The number of ether oxygens (including phenoxy) is 1. The van der Waals surface area contributed by atoms with Crippen LogP contribution >= 0.6 is 35.3 Å². The number of thiazole rings is 1. The van der Waals surface area contributed by atoms with Crippen LogP contribution in [-0.2, 0) is 17.6 Å². The first-order valence-corrected chi connectivity index (χ1v) is 9.93. The monoisotopic (exact) mass is 482 g/mol. The summed E-state index contributed by atoms with van der Waals surface area (Å²) in [5.41, 5.74) is 1.23. The topological polar surface area (TPSA) is 58.5 Å². The zero-order chi connectivity index (χ0) is 17.8. The summed E-state index contributed by atoms with van der Waals surface area (Å²) in [7, 11) is 0. The molecular formula is C18H35IN4OS. The maximum Gasteiger partial charge on any atom is 0.191 e. The van der Waals surface area contributed by atoms with Gasteiger partial charge in [0.15, 0.2) is 5.96 Å². The lowest BCUT2D eigenvalue weighted by Gasteiger charge is -2.11. The van der Waals surface area contributed by atoms with E-state index in [0.717, 1.165) is 44.9 Å². The highest BCUT2D eigenvalue weighted by atomic mass is 127. The number of aryl methyl sites for hydroxylation is 2. The molecule has 0 spiro atoms. The number of nitrogens with zero attached hydrogens (tertiary/aromatic N) is 2. The molecule has 0 aliphatic carbocycles. The van der Waals surface area contributed by atoms with Crippen LogP contribution in [-0.4, -0.2) is 43.8 Å². The van der Waals surface area contributed by atoms with Crippen molar-refractivity contribution in [3.05, 3.63) is 15.6 Å². The minimum Gasteiger partial charge on any atom is -0.380 e. The first-order valence-electron chi connectivity index (χ1n) is 9.11. The molecule has 5 nitrogen and oxygen atoms in total. The second kappa shape index (κ2) is 14.7. The molecule has 0 aromatic carbocycles. The third kappa shape index (κ3) is 11.0. The molecule has 0 saturated carbocycles. The lowest BCUT2D eigenvalue weighted by atomic mass is 10.1. The predicted octanol–water partition coefficient (Wildman–Crippen LogP) is 3.79. The Morgan fingerprint density at radius 2 is 2.00 bits per heavy atom. The summed E-state index contributed by atoms with van der Waals surface area (Å²) in [5, 5.41) is 7.85. The summed E-state index contributed by atoms with van der Waals surface area (Å²) in [6, 6.07) is 0. The van der Waals surface area contributed by atoms with Gasteiger partial charge in [-0.25, -0.2) is 4.98 Å². The van der Waals surface area contributed by atoms with E-state index in [1.807, 2.05) is 0 Å². The molecule has 1 heterocycles. The Morgan fingerprint density at radius 1 is 1.24 bits per heavy atom. The average Bonchev–Trinajstić information content (AvgIpc) is 2.90. The van der Waals surface area contributed by atoms with E-state index < -0.39 is 0 Å². The Morgan fingerprint density at radius 3 is 2.60 bits per heavy atom. The summed E-state index contributed by atoms with van der Waals surface area (Å²) in [6.07, 6.45) is 3.05. The molecule has 0 atom stereocenters. The molecule has 7 heteroatoms. The number of guanidine groups is 1. The number of aliphatic imine (C=N–C) groups is 1. The first-order chi connectivity index (χ1) is 11.6. The molecule has 146 valence electrons. The van der Waals surface area contributed by atoms with Gasteiger partial charge in [-0.1, -0.05) is 20.8 Å². The number of aromatic nitrogens is 1. The van der Waals surface area contributed by atoms with Crippen molar-refractivity contribution in [2.75, 3.05) is 32.8 Å². The van der Waals surface area contributed by atoms with Crippen LogP contribution in [0.3, 0.4) is 0 Å². The Bertz CT molecular complexity index is 491. The van der Waals surface area contributed by atoms with E-state index in [0.29, 0.717) is 19.1 Å². The molecule has 1 aromatic heterocycles. The van der Waals surface area contributed by atoms with Crippen LogP contribution in [0.25, 0.3) is 0 Å². The van der Waals surface area contributed by atoms with Gasteiger partial charge in [-0.3, -0.25) is 4.99 Å². The van der Waals surface area contributed by atoms with Gasteiger partial charge in [-0.2, -0.15) is 0 Å². The van der Waals surface area contributed by atoms with Crippen LogP contribution in [0.1, 0.15) is 49.7 Å². The average molecular weight is 482 g/mol. The highest BCUT2D eigenvalue weighted by molar-refractivity contribution is 14.0. The number of hydrogen-bond acceptors (Lipinski definition) is 4. The molecule has 0 fully saturated rings. The van der Waals surface area contributed by atoms with Gasteiger partial charge in [-0.05, 0) is 32.6 Å². The van der Waals surface area contributed by atoms with Gasteiger partial charge in [0.25, 0.3) is 0 Å². The minimum atomic E-state index is 0. The third-order valence-corrected chi connectivity index (χ3v) is 4.67. The molecule has 0 bridgehead atoms. The normalized spacial score (nSPS) is 11.5. The minimum absolute atomic E-state index is 0. The molecule has 0 amide bonds. The molecule has 0 radical (unpaired) electrons. The van der Waals surface area contributed by atoms with Crippen LogP contribution in [0.5, 0.6) is 0 Å². The van der Waals surface area contributed by atoms with Crippen LogP contribution in [0, 0.1) is 12.8 Å². The number of nitrogens with one attached hydrogen (secondary N) is 2. The Kier molecular flexibility index (Phi) is 14.5. The lowest BCUT2D eigenvalue weighted by molar-refractivity contribution is 0.130. The number of hydrogen-bond donors (Lipinski definition) is 2. The largest absolute Gasteiger partial charge is 0.380 e. The van der Waals surface area contributed by atoms with Crippen LogP contribution in [0.4, 0.5) is 0 Å². The van der Waals surface area contributed by atoms with Gasteiger partial charge in [0, 0.05) is 31.0 Å². The summed E-state index contributed by atoms with van der Waals surface area (Å²) in [6.45, 7) is 14.7. The molecule has 1 rings (SSSR count). The van der Waals surface area contributed by atoms with Crippen molar-refractivity contribution in [3.8, 4) is 0 Å². The van der Waals surface area contributed by atoms with Crippen LogP contribution in [0.2, 0.25) is 0 Å². The second-order valence-corrected chi connectivity index (χ2v) is 7.48. The van der Waals surface area contributed by atoms with Gasteiger partial charge in [0.1, 0.15) is 0 Å². The van der Waals surface area contributed by atoms with E-state index >= 15 is 0 Å². The predicted molar refractivity (Wildman–Crippen MR) is 120 cm³/mol. The molecule has 0 aliphatic rings. The van der Waals surface area contributed by atoms with Gasteiger partial charge in [0.05, 0.1) is 23.9 Å². The number of rotatable bonds is 11. The van der Waals surface area contributed by atoms with E-state index in [-0.39, 0.29) is 24.0 Å². The molecule has 0 saturated heterocycles. The Labute approximate surface area is 174 Å². The van der Waals surface area contributed by atoms with Gasteiger partial charge >= 0.3 is 0 Å². The third-order valence-electron chi connectivity index (χ3n) is 3.59. The Balaban J connectivity index is 0.00000576. The van der Waals surface area contributed by atoms with Crippen molar-refractivity contribution in [2.45, 2.75) is 53.9 Å². The van der Waals surface area contributed by atoms with E-state index in [2.05, 4.69) is 55.2 Å². The molecule has 25 heavy (non-hydrogen) atoms. The fourth-order valence-electron chi connectivity index (χ4n) is 2.20. The van der Waals surface area contributed by atoms with E-state index in [4.69, 9.17) is 4.74 Å². The highest BCUT2D eigenvalue weighted by Crippen LogP contribution is 2.17. The van der Waals surface area contributed by atoms with Crippen molar-refractivity contribution >= 4 is 41.3 Å². The summed E-state index contributed by atoms with van der Waals surface area (Å²) >= 11 is 1.80. The maximum absolute atomic E-state index is 5.60. The van der Waals surface area contributed by atoms with Gasteiger partial charge < -0.3 is 15.4 Å². The van der Waals surface area contributed by atoms with E-state index in [1.165, 1.54) is 15.6 Å². The maximum atomic E-state index is 5.60. The standard InChI is InChI=1S/C18H34N4OS.HI/c1-6-16-15(5)24-17(22-16)8-10-20-18(19-7-2)21-11-13-23-12-9-14(3)4;/h14H,6-13H2,1-5H3,(H2,19,20,21);1H. The van der Waals surface area contributed by atoms with Crippen molar-refractivity contribution in [3.63, 3.8) is 0 Å². The Hall–Kier alpha value is -0.410. The molecular weight excluding hydrogens is 447 g/mol. The van der Waals surface area contributed by atoms with Crippen molar-refractivity contribution in [1.29, 1.82) is 0 Å². The lowest BCUT2D eigenvalue weighted by Crippen LogP contribution is -2.38. The van der Waals surface area contributed by atoms with Crippen LogP contribution < -0.4 is 10.6 Å². The SMILES string of the molecule is CCNC(=NCCOCCC(C)C)NCCc1nc(CC)c(C)s1.I. The molecule has 2 N–H and O–H groups in total. The van der Waals surface area contributed by atoms with Crippen molar-refractivity contribution in [1.82, 2.24) is 15.6 Å². The van der Waals surface area contributed by atoms with Gasteiger partial charge in [-0.15, -0.1) is 35.3 Å². The molecule has 1 aromatic rings. The summed E-state index contributed by atoms with van der Waals surface area (Å²) in [5.74, 6) is 1.55. The molecule has 0 unspecified atom stereocenters. The van der Waals surface area contributed by atoms with E-state index in [1.54, 1.807) is 11.3 Å². The first kappa shape index (κ1) is 24.6. The number of halogens is 1. The van der Waals surface area contributed by atoms with Crippen LogP contribution in [0.15, 0.2) is 4.99 Å². The zero-order valence-electron chi connectivity index (χ0n) is 16.4.